The smallest absolute Gasteiger partial charge is 0.239 e. The average molecular weight is 434 g/mol. The molecule has 3 aliphatic heterocycles. The van der Waals surface area contributed by atoms with Gasteiger partial charge in [0.2, 0.25) is 11.8 Å². The molecular formula is C19H33Cl2N5O2. The molecule has 1 spiro atoms. The van der Waals surface area contributed by atoms with Gasteiger partial charge in [-0.25, -0.2) is 0 Å². The average Bonchev–Trinajstić information content (AvgIpc) is 3.30. The van der Waals surface area contributed by atoms with E-state index in [1.807, 2.05) is 4.90 Å². The molecule has 0 bridgehead atoms. The first kappa shape index (κ1) is 23.4. The molecule has 9 heteroatoms. The molecule has 1 atom stereocenters. The third-order valence-electron chi connectivity index (χ3n) is 6.45. The Morgan fingerprint density at radius 1 is 1.21 bits per heavy atom. The maximum absolute atomic E-state index is 13.0. The number of carbonyl (C=O) groups is 1. The fourth-order valence-electron chi connectivity index (χ4n) is 4.64. The lowest BCUT2D eigenvalue weighted by Gasteiger charge is -2.34. The van der Waals surface area contributed by atoms with Gasteiger partial charge in [-0.2, -0.15) is 4.98 Å². The number of amides is 1. The van der Waals surface area contributed by atoms with Crippen LogP contribution < -0.4 is 10.6 Å². The van der Waals surface area contributed by atoms with Crippen LogP contribution in [0.15, 0.2) is 4.52 Å². The molecule has 4 rings (SSSR count). The Balaban J connectivity index is 0.00000140. The number of nitrogens with one attached hydrogen (secondary N) is 2. The van der Waals surface area contributed by atoms with E-state index < -0.39 is 0 Å². The third-order valence-corrected chi connectivity index (χ3v) is 6.45. The number of hydrogen-bond donors (Lipinski definition) is 2. The highest BCUT2D eigenvalue weighted by Crippen LogP contribution is 2.38. The summed E-state index contributed by atoms with van der Waals surface area (Å²) in [6.07, 6.45) is 5.18. The zero-order valence-electron chi connectivity index (χ0n) is 16.8. The molecule has 0 saturated carbocycles. The second kappa shape index (κ2) is 9.74. The van der Waals surface area contributed by atoms with E-state index in [4.69, 9.17) is 4.52 Å². The Kier molecular flexibility index (Phi) is 8.14. The predicted molar refractivity (Wildman–Crippen MR) is 112 cm³/mol. The van der Waals surface area contributed by atoms with Crippen molar-refractivity contribution in [2.24, 2.45) is 5.41 Å². The van der Waals surface area contributed by atoms with Crippen molar-refractivity contribution in [2.75, 3.05) is 32.7 Å². The SMILES string of the molecule is CC(C)c1noc(C2CCN(C(=O)C3CC4(CCNCC4)CN3)CC2)n1.Cl.Cl. The zero-order valence-corrected chi connectivity index (χ0v) is 18.4. The van der Waals surface area contributed by atoms with Crippen molar-refractivity contribution in [3.8, 4) is 0 Å². The number of carbonyl (C=O) groups excluding carboxylic acids is 1. The normalized spacial score (nSPS) is 24.8. The van der Waals surface area contributed by atoms with Gasteiger partial charge in [0.1, 0.15) is 0 Å². The highest BCUT2D eigenvalue weighted by molar-refractivity contribution is 5.85. The van der Waals surface area contributed by atoms with E-state index in [1.54, 1.807) is 0 Å². The maximum atomic E-state index is 13.0. The molecule has 7 nitrogen and oxygen atoms in total. The van der Waals surface area contributed by atoms with E-state index in [1.165, 1.54) is 12.8 Å². The van der Waals surface area contributed by atoms with Gasteiger partial charge in [0.15, 0.2) is 5.82 Å². The van der Waals surface area contributed by atoms with Gasteiger partial charge in [-0.05, 0) is 50.6 Å². The molecule has 0 radical (unpaired) electrons. The van der Waals surface area contributed by atoms with Crippen molar-refractivity contribution >= 4 is 30.7 Å². The van der Waals surface area contributed by atoms with Gasteiger partial charge in [0.05, 0.1) is 6.04 Å². The van der Waals surface area contributed by atoms with Crippen molar-refractivity contribution in [1.29, 1.82) is 0 Å². The van der Waals surface area contributed by atoms with Gasteiger partial charge < -0.3 is 20.1 Å². The fourth-order valence-corrected chi connectivity index (χ4v) is 4.64. The minimum absolute atomic E-state index is 0. The molecule has 28 heavy (non-hydrogen) atoms. The van der Waals surface area contributed by atoms with E-state index in [2.05, 4.69) is 34.6 Å². The van der Waals surface area contributed by atoms with Crippen LogP contribution in [0.1, 0.15) is 69.5 Å². The second-order valence-corrected chi connectivity index (χ2v) is 8.63. The van der Waals surface area contributed by atoms with Crippen LogP contribution in [0.2, 0.25) is 0 Å². The molecule has 0 aromatic carbocycles. The first-order valence-electron chi connectivity index (χ1n) is 10.1. The molecule has 2 N–H and O–H groups in total. The Labute approximate surface area is 179 Å². The van der Waals surface area contributed by atoms with E-state index >= 15 is 0 Å². The van der Waals surface area contributed by atoms with Crippen LogP contribution in [-0.4, -0.2) is 59.7 Å². The van der Waals surface area contributed by atoms with Gasteiger partial charge in [-0.3, -0.25) is 4.79 Å². The van der Waals surface area contributed by atoms with Gasteiger partial charge >= 0.3 is 0 Å². The summed E-state index contributed by atoms with van der Waals surface area (Å²) in [6.45, 7) is 8.86. The quantitative estimate of drug-likeness (QED) is 0.761. The highest BCUT2D eigenvalue weighted by Gasteiger charge is 2.43. The summed E-state index contributed by atoms with van der Waals surface area (Å²) in [5.41, 5.74) is 0.334. The van der Waals surface area contributed by atoms with Crippen LogP contribution in [0.25, 0.3) is 0 Å². The summed E-state index contributed by atoms with van der Waals surface area (Å²) in [7, 11) is 0. The van der Waals surface area contributed by atoms with Crippen LogP contribution in [0, 0.1) is 5.41 Å². The highest BCUT2D eigenvalue weighted by atomic mass is 35.5. The van der Waals surface area contributed by atoms with E-state index in [0.29, 0.717) is 5.41 Å². The summed E-state index contributed by atoms with van der Waals surface area (Å²) in [5.74, 6) is 2.37. The minimum atomic E-state index is 0. The van der Waals surface area contributed by atoms with Gasteiger partial charge in [0.25, 0.3) is 0 Å². The Bertz CT molecular complexity index is 640. The number of piperidine rings is 2. The van der Waals surface area contributed by atoms with Crippen molar-refractivity contribution in [1.82, 2.24) is 25.7 Å². The fraction of sp³-hybridized carbons (Fsp3) is 0.842. The standard InChI is InChI=1S/C19H31N5O2.2ClH/c1-13(2)16-22-17(26-23-16)14-3-9-24(10-4-14)18(25)15-11-19(12-21-15)5-7-20-8-6-19;;/h13-15,20-21H,3-12H2,1-2H3;2*1H. The van der Waals surface area contributed by atoms with Gasteiger partial charge in [0, 0.05) is 31.5 Å². The van der Waals surface area contributed by atoms with E-state index in [-0.39, 0.29) is 48.6 Å². The largest absolute Gasteiger partial charge is 0.341 e. The van der Waals surface area contributed by atoms with Crippen LogP contribution in [-0.2, 0) is 4.79 Å². The summed E-state index contributed by atoms with van der Waals surface area (Å²) in [4.78, 5) is 19.5. The molecule has 4 heterocycles. The molecule has 1 aromatic rings. The number of nitrogens with zero attached hydrogens (tertiary/aromatic N) is 3. The second-order valence-electron chi connectivity index (χ2n) is 8.63. The molecule has 1 unspecified atom stereocenters. The van der Waals surface area contributed by atoms with Gasteiger partial charge in [-0.1, -0.05) is 19.0 Å². The van der Waals surface area contributed by atoms with Gasteiger partial charge in [-0.15, -0.1) is 24.8 Å². The van der Waals surface area contributed by atoms with Crippen LogP contribution in [0.3, 0.4) is 0 Å². The van der Waals surface area contributed by atoms with Crippen molar-refractivity contribution in [3.63, 3.8) is 0 Å². The molecule has 0 aliphatic carbocycles. The minimum Gasteiger partial charge on any atom is -0.341 e. The molecule has 1 aromatic heterocycles. The van der Waals surface area contributed by atoms with E-state index in [0.717, 1.165) is 63.7 Å². The lowest BCUT2D eigenvalue weighted by molar-refractivity contribution is -0.134. The summed E-state index contributed by atoms with van der Waals surface area (Å²) < 4.78 is 5.45. The Hall–Kier alpha value is -0.890. The van der Waals surface area contributed by atoms with Crippen LogP contribution >= 0.6 is 24.8 Å². The zero-order chi connectivity index (χ0) is 18.1. The number of halogens is 2. The first-order chi connectivity index (χ1) is 12.6. The molecule has 3 aliphatic rings. The van der Waals surface area contributed by atoms with Crippen LogP contribution in [0.5, 0.6) is 0 Å². The Morgan fingerprint density at radius 3 is 2.50 bits per heavy atom. The molecular weight excluding hydrogens is 401 g/mol. The molecule has 3 fully saturated rings. The third kappa shape index (κ3) is 4.81. The number of likely N-dealkylation sites (tertiary alicyclic amines) is 1. The van der Waals surface area contributed by atoms with Crippen molar-refractivity contribution in [3.05, 3.63) is 11.7 Å². The van der Waals surface area contributed by atoms with Crippen LogP contribution in [0.4, 0.5) is 0 Å². The van der Waals surface area contributed by atoms with Crippen molar-refractivity contribution in [2.45, 2.75) is 63.8 Å². The molecule has 160 valence electrons. The van der Waals surface area contributed by atoms with Crippen molar-refractivity contribution < 1.29 is 9.32 Å². The first-order valence-corrected chi connectivity index (χ1v) is 10.1. The molecule has 3 saturated heterocycles. The monoisotopic (exact) mass is 433 g/mol. The topological polar surface area (TPSA) is 83.3 Å². The maximum Gasteiger partial charge on any atom is 0.239 e. The lowest BCUT2D eigenvalue weighted by Crippen LogP contribution is -2.46. The number of aromatic nitrogens is 2. The summed E-state index contributed by atoms with van der Waals surface area (Å²) in [5, 5.41) is 11.0. The summed E-state index contributed by atoms with van der Waals surface area (Å²) in [6, 6.07) is 0.000554. The number of hydrogen-bond acceptors (Lipinski definition) is 6. The predicted octanol–water partition coefficient (Wildman–Crippen LogP) is 2.47. The Morgan fingerprint density at radius 2 is 1.89 bits per heavy atom. The van der Waals surface area contributed by atoms with E-state index in [9.17, 15) is 4.79 Å². The lowest BCUT2D eigenvalue weighted by atomic mass is 9.77. The number of rotatable bonds is 3. The summed E-state index contributed by atoms with van der Waals surface area (Å²) >= 11 is 0. The molecule has 1 amide bonds.